The van der Waals surface area contributed by atoms with Gasteiger partial charge in [-0.2, -0.15) is 5.26 Å². The molecule has 1 fully saturated rings. The van der Waals surface area contributed by atoms with Crippen molar-refractivity contribution in [1.82, 2.24) is 29.4 Å². The van der Waals surface area contributed by atoms with Crippen LogP contribution in [0.2, 0.25) is 0 Å². The second-order valence-corrected chi connectivity index (χ2v) is 12.0. The maximum Gasteiger partial charge on any atom is 0.354 e. The second kappa shape index (κ2) is 14.6. The number of aromatic carboxylic acids is 1. The van der Waals surface area contributed by atoms with Crippen molar-refractivity contribution in [2.75, 3.05) is 33.4 Å². The predicted molar refractivity (Wildman–Crippen MR) is 170 cm³/mol. The van der Waals surface area contributed by atoms with Crippen LogP contribution in [-0.4, -0.2) is 73.9 Å². The van der Waals surface area contributed by atoms with Gasteiger partial charge in [0.1, 0.15) is 24.9 Å². The molecule has 1 aromatic carbocycles. The minimum absolute atomic E-state index is 0.0108. The first-order chi connectivity index (χ1) is 22.9. The summed E-state index contributed by atoms with van der Waals surface area (Å²) in [6.45, 7) is 3.17. The summed E-state index contributed by atoms with van der Waals surface area (Å²) in [4.78, 5) is 33.6. The average Bonchev–Trinajstić information content (AvgIpc) is 3.73. The minimum atomic E-state index is -1.15. The first-order valence-corrected chi connectivity index (χ1v) is 15.9. The van der Waals surface area contributed by atoms with Crippen LogP contribution in [0.25, 0.3) is 11.2 Å². The molecule has 0 radical (unpaired) electrons. The molecule has 1 aliphatic heterocycles. The van der Waals surface area contributed by atoms with Gasteiger partial charge in [0.15, 0.2) is 22.6 Å². The lowest BCUT2D eigenvalue weighted by Crippen LogP contribution is -2.33. The molecule has 0 bridgehead atoms. The molecule has 0 unspecified atom stereocenters. The van der Waals surface area contributed by atoms with E-state index in [1.54, 1.807) is 37.0 Å². The van der Waals surface area contributed by atoms with Gasteiger partial charge < -0.3 is 23.9 Å². The highest BCUT2D eigenvalue weighted by Crippen LogP contribution is 2.31. The minimum Gasteiger partial charge on any atom is -0.489 e. The second-order valence-electron chi connectivity index (χ2n) is 11.1. The number of thiazole rings is 1. The van der Waals surface area contributed by atoms with Crippen molar-refractivity contribution < 1.29 is 28.5 Å². The summed E-state index contributed by atoms with van der Waals surface area (Å²) >= 11 is 1.51. The molecule has 6 rings (SSSR count). The van der Waals surface area contributed by atoms with Crippen LogP contribution >= 0.6 is 11.3 Å². The summed E-state index contributed by atoms with van der Waals surface area (Å²) in [6.07, 6.45) is 3.51. The molecule has 5 heterocycles. The first kappa shape index (κ1) is 32.0. The number of fused-ring (bicyclic) bond motifs is 1. The molecule has 14 heteroatoms. The number of nitrogens with zero attached hydrogens (tertiary/aromatic N) is 7. The van der Waals surface area contributed by atoms with Crippen LogP contribution < -0.4 is 9.47 Å². The number of hydrogen-bond acceptors (Lipinski definition) is 11. The maximum absolute atomic E-state index is 14.3. The number of nitriles is 1. The van der Waals surface area contributed by atoms with Gasteiger partial charge >= 0.3 is 5.97 Å². The third kappa shape index (κ3) is 7.54. The van der Waals surface area contributed by atoms with Crippen molar-refractivity contribution in [2.45, 2.75) is 38.5 Å². The van der Waals surface area contributed by atoms with Crippen LogP contribution in [0.4, 0.5) is 4.39 Å². The number of methoxy groups -OCH3 is 1. The third-order valence-corrected chi connectivity index (χ3v) is 8.75. The van der Waals surface area contributed by atoms with E-state index in [0.29, 0.717) is 48.1 Å². The van der Waals surface area contributed by atoms with Gasteiger partial charge in [-0.25, -0.2) is 24.1 Å². The molecular weight excluding hydrogens is 625 g/mol. The molecule has 242 valence electrons. The smallest absolute Gasteiger partial charge is 0.354 e. The fourth-order valence-corrected chi connectivity index (χ4v) is 6.12. The molecular formula is C33H32FN7O5S. The highest BCUT2D eigenvalue weighted by molar-refractivity contribution is 7.09. The largest absolute Gasteiger partial charge is 0.489 e. The summed E-state index contributed by atoms with van der Waals surface area (Å²) in [7, 11) is 1.57. The SMILES string of the molecule is COCCOc1cc(C(=O)O)nc2c1nc(CN1CCC(c3cccc(OCc4ccc(C#N)cc4F)n3)CC1)n2Cc1cncs1. The van der Waals surface area contributed by atoms with E-state index in [0.717, 1.165) is 42.3 Å². The lowest BCUT2D eigenvalue weighted by atomic mass is 9.93. The van der Waals surface area contributed by atoms with E-state index in [1.165, 1.54) is 23.5 Å². The highest BCUT2D eigenvalue weighted by atomic mass is 32.1. The Morgan fingerprint density at radius 3 is 2.68 bits per heavy atom. The number of aromatic nitrogens is 5. The van der Waals surface area contributed by atoms with E-state index >= 15 is 0 Å². The van der Waals surface area contributed by atoms with Crippen molar-refractivity contribution in [3.05, 3.63) is 93.2 Å². The van der Waals surface area contributed by atoms with E-state index in [1.807, 2.05) is 22.8 Å². The number of carboxylic acid groups (broad SMARTS) is 1. The molecule has 1 aliphatic rings. The lowest BCUT2D eigenvalue weighted by Gasteiger charge is -2.31. The number of carbonyl (C=O) groups is 1. The normalized spacial score (nSPS) is 13.9. The van der Waals surface area contributed by atoms with Gasteiger partial charge in [0.05, 0.1) is 36.8 Å². The van der Waals surface area contributed by atoms with E-state index in [9.17, 15) is 14.3 Å². The number of benzene rings is 1. The zero-order chi connectivity index (χ0) is 32.8. The monoisotopic (exact) mass is 657 g/mol. The van der Waals surface area contributed by atoms with Gasteiger partial charge in [0, 0.05) is 47.5 Å². The van der Waals surface area contributed by atoms with Crippen molar-refractivity contribution in [3.63, 3.8) is 0 Å². The average molecular weight is 658 g/mol. The summed E-state index contributed by atoms with van der Waals surface area (Å²) in [5.74, 6) is 0.105. The Morgan fingerprint density at radius 1 is 1.11 bits per heavy atom. The fraction of sp³-hybridized carbons (Fsp3) is 0.333. The molecule has 5 aromatic rings. The molecule has 4 aromatic heterocycles. The summed E-state index contributed by atoms with van der Waals surface area (Å²) in [5.41, 5.74) is 4.11. The van der Waals surface area contributed by atoms with Crippen LogP contribution in [0, 0.1) is 17.1 Å². The zero-order valence-electron chi connectivity index (χ0n) is 25.6. The standard InChI is InChI=1S/C33H32FN7O5S/c1-44-11-12-45-28-14-27(33(42)43)38-32-31(28)39-29(41(32)17-24-16-36-20-47-24)18-40-9-7-22(8-10-40)26-3-2-4-30(37-26)46-19-23-6-5-21(15-35)13-25(23)34/h2-6,13-14,16,20,22H,7-12,17-19H2,1H3,(H,42,43). The topological polar surface area (TPSA) is 149 Å². The quantitative estimate of drug-likeness (QED) is 0.170. The van der Waals surface area contributed by atoms with Crippen LogP contribution in [0.5, 0.6) is 11.6 Å². The number of piperidine rings is 1. The lowest BCUT2D eigenvalue weighted by molar-refractivity contribution is 0.0690. The van der Waals surface area contributed by atoms with Crippen molar-refractivity contribution in [3.8, 4) is 17.7 Å². The van der Waals surface area contributed by atoms with Crippen LogP contribution in [0.15, 0.2) is 54.2 Å². The number of pyridine rings is 2. The Balaban J connectivity index is 1.17. The van der Waals surface area contributed by atoms with Gasteiger partial charge in [-0.3, -0.25) is 9.88 Å². The van der Waals surface area contributed by atoms with Gasteiger partial charge in [0.2, 0.25) is 5.88 Å². The van der Waals surface area contributed by atoms with Crippen LogP contribution in [0.1, 0.15) is 56.8 Å². The molecule has 1 N–H and O–H groups in total. The number of rotatable bonds is 13. The Morgan fingerprint density at radius 2 is 1.96 bits per heavy atom. The number of imidazole rings is 1. The molecule has 12 nitrogen and oxygen atoms in total. The van der Waals surface area contributed by atoms with E-state index in [4.69, 9.17) is 29.4 Å². The van der Waals surface area contributed by atoms with Gasteiger partial charge in [-0.15, -0.1) is 11.3 Å². The van der Waals surface area contributed by atoms with Crippen molar-refractivity contribution >= 4 is 28.5 Å². The summed E-state index contributed by atoms with van der Waals surface area (Å²) in [6, 6.07) is 13.3. The number of halogens is 1. The molecule has 0 atom stereocenters. The Kier molecular flexibility index (Phi) is 9.96. The van der Waals surface area contributed by atoms with E-state index < -0.39 is 11.8 Å². The number of likely N-dealkylation sites (tertiary alicyclic amines) is 1. The van der Waals surface area contributed by atoms with Crippen molar-refractivity contribution in [1.29, 1.82) is 5.26 Å². The molecule has 0 amide bonds. The fourth-order valence-electron chi connectivity index (χ4n) is 5.54. The maximum atomic E-state index is 14.3. The Bertz CT molecular complexity index is 1900. The number of ether oxygens (including phenoxy) is 3. The van der Waals surface area contributed by atoms with Gasteiger partial charge in [0.25, 0.3) is 0 Å². The molecule has 0 spiro atoms. The van der Waals surface area contributed by atoms with Crippen LogP contribution in [0.3, 0.4) is 0 Å². The number of hydrogen-bond donors (Lipinski definition) is 1. The summed E-state index contributed by atoms with van der Waals surface area (Å²) < 4.78 is 33.1. The molecule has 47 heavy (non-hydrogen) atoms. The van der Waals surface area contributed by atoms with Gasteiger partial charge in [-0.1, -0.05) is 12.1 Å². The number of carboxylic acids is 1. The molecule has 0 aliphatic carbocycles. The van der Waals surface area contributed by atoms with Gasteiger partial charge in [-0.05, 0) is 44.1 Å². The Labute approximate surface area is 274 Å². The van der Waals surface area contributed by atoms with Crippen LogP contribution in [-0.2, 0) is 24.4 Å². The van der Waals surface area contributed by atoms with E-state index in [-0.39, 0.29) is 30.4 Å². The van der Waals surface area contributed by atoms with Crippen molar-refractivity contribution in [2.24, 2.45) is 0 Å². The first-order valence-electron chi connectivity index (χ1n) is 15.0. The Hall–Kier alpha value is -4.97. The molecule has 1 saturated heterocycles. The summed E-state index contributed by atoms with van der Waals surface area (Å²) in [5, 5.41) is 18.7. The highest BCUT2D eigenvalue weighted by Gasteiger charge is 2.26. The third-order valence-electron chi connectivity index (χ3n) is 7.98. The van der Waals surface area contributed by atoms with E-state index in [2.05, 4.69) is 14.9 Å². The zero-order valence-corrected chi connectivity index (χ0v) is 26.5. The molecule has 0 saturated carbocycles. The predicted octanol–water partition coefficient (Wildman–Crippen LogP) is 5.02.